The predicted octanol–water partition coefficient (Wildman–Crippen LogP) is -0.347. The molecule has 10 nitrogen and oxygen atoms in total. The Labute approximate surface area is 176 Å². The van der Waals surface area contributed by atoms with Gasteiger partial charge in [-0.05, 0) is 36.1 Å². The number of fused-ring (bicyclic) bond motifs is 2. The standard InChI is InChI=1S/C21H22O10/c1-8-2-10-3-9-4-11(23)5-12(14(9)19-15(10)21(27,31-8)7-28-19)29-20-18(26)17(25)16(24)13(6-22)30-20/h2-5,13,16-18,20,22-27H,6-7H2,1H3/t13-,16-,17+,18-,20-,21?/m1/s1. The topological polar surface area (TPSA) is 158 Å². The lowest BCUT2D eigenvalue weighted by Crippen LogP contribution is -2.60. The Morgan fingerprint density at radius 3 is 2.65 bits per heavy atom. The molecule has 5 rings (SSSR count). The Bertz CT molecular complexity index is 1080. The number of aliphatic hydroxyl groups is 5. The number of aliphatic hydroxyl groups excluding tert-OH is 4. The van der Waals surface area contributed by atoms with Crippen molar-refractivity contribution in [2.24, 2.45) is 0 Å². The first-order chi connectivity index (χ1) is 14.7. The normalized spacial score (nSPS) is 34.0. The molecule has 2 aromatic rings. The van der Waals surface area contributed by atoms with Crippen LogP contribution in [0.15, 0.2) is 24.0 Å². The zero-order chi connectivity index (χ0) is 22.1. The molecule has 0 spiro atoms. The van der Waals surface area contributed by atoms with Gasteiger partial charge < -0.3 is 49.6 Å². The maximum absolute atomic E-state index is 10.9. The van der Waals surface area contributed by atoms with E-state index in [9.17, 15) is 30.6 Å². The van der Waals surface area contributed by atoms with Crippen LogP contribution in [0.3, 0.4) is 0 Å². The molecule has 0 aliphatic carbocycles. The Balaban J connectivity index is 1.63. The van der Waals surface area contributed by atoms with Gasteiger partial charge in [0.15, 0.2) is 6.61 Å². The Kier molecular flexibility index (Phi) is 4.56. The molecule has 10 heteroatoms. The molecule has 6 N–H and O–H groups in total. The molecule has 166 valence electrons. The largest absolute Gasteiger partial charge is 0.508 e. The molecule has 1 saturated heterocycles. The van der Waals surface area contributed by atoms with Crippen LogP contribution in [0.1, 0.15) is 18.1 Å². The molecular weight excluding hydrogens is 412 g/mol. The summed E-state index contributed by atoms with van der Waals surface area (Å²) < 4.78 is 22.5. The smallest absolute Gasteiger partial charge is 0.273 e. The van der Waals surface area contributed by atoms with Gasteiger partial charge >= 0.3 is 0 Å². The third-order valence-corrected chi connectivity index (χ3v) is 5.75. The van der Waals surface area contributed by atoms with E-state index >= 15 is 0 Å². The van der Waals surface area contributed by atoms with Gasteiger partial charge in [-0.25, -0.2) is 0 Å². The van der Waals surface area contributed by atoms with Crippen molar-refractivity contribution >= 4 is 16.8 Å². The summed E-state index contributed by atoms with van der Waals surface area (Å²) in [4.78, 5) is 0. The van der Waals surface area contributed by atoms with Crippen molar-refractivity contribution in [2.75, 3.05) is 13.2 Å². The molecule has 0 radical (unpaired) electrons. The number of allylic oxidation sites excluding steroid dienone is 1. The van der Waals surface area contributed by atoms with Crippen molar-refractivity contribution < 1.29 is 49.6 Å². The van der Waals surface area contributed by atoms with Gasteiger partial charge in [0, 0.05) is 6.07 Å². The highest BCUT2D eigenvalue weighted by Gasteiger charge is 2.48. The number of phenolic OH excluding ortho intramolecular Hbond substituents is 1. The van der Waals surface area contributed by atoms with Crippen molar-refractivity contribution in [1.29, 1.82) is 0 Å². The van der Waals surface area contributed by atoms with Crippen LogP contribution in [0.4, 0.5) is 0 Å². The summed E-state index contributed by atoms with van der Waals surface area (Å²) in [5.74, 6) is -0.967. The molecule has 0 amide bonds. The van der Waals surface area contributed by atoms with Gasteiger partial charge in [0.1, 0.15) is 41.7 Å². The highest BCUT2D eigenvalue weighted by atomic mass is 16.7. The summed E-state index contributed by atoms with van der Waals surface area (Å²) in [5, 5.41) is 61.8. The van der Waals surface area contributed by atoms with Crippen LogP contribution in [0, 0.1) is 0 Å². The van der Waals surface area contributed by atoms with Crippen molar-refractivity contribution in [2.45, 2.75) is 43.4 Å². The molecule has 1 unspecified atom stereocenters. The number of hydrogen-bond acceptors (Lipinski definition) is 10. The van der Waals surface area contributed by atoms with Crippen LogP contribution in [0.5, 0.6) is 17.2 Å². The van der Waals surface area contributed by atoms with E-state index in [1.807, 2.05) is 0 Å². The van der Waals surface area contributed by atoms with E-state index in [4.69, 9.17) is 18.9 Å². The van der Waals surface area contributed by atoms with Gasteiger partial charge in [-0.1, -0.05) is 0 Å². The Morgan fingerprint density at radius 2 is 1.90 bits per heavy atom. The van der Waals surface area contributed by atoms with E-state index in [-0.39, 0.29) is 18.1 Å². The third-order valence-electron chi connectivity index (χ3n) is 5.75. The number of benzene rings is 2. The van der Waals surface area contributed by atoms with Gasteiger partial charge in [-0.15, -0.1) is 0 Å². The van der Waals surface area contributed by atoms with Gasteiger partial charge in [0.05, 0.1) is 23.3 Å². The van der Waals surface area contributed by atoms with Gasteiger partial charge in [0.2, 0.25) is 6.29 Å². The van der Waals surface area contributed by atoms with Crippen LogP contribution in [0.2, 0.25) is 0 Å². The van der Waals surface area contributed by atoms with Gasteiger partial charge in [0.25, 0.3) is 5.79 Å². The van der Waals surface area contributed by atoms with E-state index in [0.29, 0.717) is 33.4 Å². The van der Waals surface area contributed by atoms with E-state index in [1.165, 1.54) is 12.1 Å². The second kappa shape index (κ2) is 6.95. The third kappa shape index (κ3) is 3.03. The highest BCUT2D eigenvalue weighted by Crippen LogP contribution is 2.51. The van der Waals surface area contributed by atoms with Crippen LogP contribution < -0.4 is 9.47 Å². The molecule has 0 bridgehead atoms. The van der Waals surface area contributed by atoms with Crippen LogP contribution in [0.25, 0.3) is 16.8 Å². The highest BCUT2D eigenvalue weighted by molar-refractivity contribution is 5.99. The minimum absolute atomic E-state index is 0.0488. The average molecular weight is 434 g/mol. The van der Waals surface area contributed by atoms with Crippen molar-refractivity contribution in [3.8, 4) is 17.2 Å². The first-order valence-electron chi connectivity index (χ1n) is 9.75. The van der Waals surface area contributed by atoms with E-state index in [0.717, 1.165) is 0 Å². The maximum Gasteiger partial charge on any atom is 0.273 e. The van der Waals surface area contributed by atoms with Crippen LogP contribution in [-0.4, -0.2) is 74.6 Å². The lowest BCUT2D eigenvalue weighted by Gasteiger charge is -2.39. The summed E-state index contributed by atoms with van der Waals surface area (Å²) in [6.45, 7) is 0.947. The molecule has 3 heterocycles. The molecule has 31 heavy (non-hydrogen) atoms. The van der Waals surface area contributed by atoms with Crippen molar-refractivity contribution in [1.82, 2.24) is 0 Å². The first-order valence-corrected chi connectivity index (χ1v) is 9.75. The molecule has 3 aliphatic heterocycles. The molecule has 0 saturated carbocycles. The lowest BCUT2D eigenvalue weighted by atomic mass is 9.93. The Morgan fingerprint density at radius 1 is 1.13 bits per heavy atom. The zero-order valence-corrected chi connectivity index (χ0v) is 16.4. The number of rotatable bonds is 3. The number of ether oxygens (including phenoxy) is 4. The Hall–Kier alpha value is -2.60. The molecule has 2 aromatic carbocycles. The molecule has 1 fully saturated rings. The summed E-state index contributed by atoms with van der Waals surface area (Å²) in [6, 6.07) is 4.50. The number of aromatic hydroxyl groups is 1. The first kappa shape index (κ1) is 20.3. The SMILES string of the molecule is CC1=Cc2cc3cc(O)cc(O[C@@H]4O[C@H](CO)[C@@H](O)[C@H](O)[C@H]4O)c3c3c2C(O)(CO3)O1. The number of phenols is 1. The number of hydrogen-bond donors (Lipinski definition) is 6. The zero-order valence-electron chi connectivity index (χ0n) is 16.4. The predicted molar refractivity (Wildman–Crippen MR) is 104 cm³/mol. The quantitative estimate of drug-likeness (QED) is 0.377. The van der Waals surface area contributed by atoms with Gasteiger partial charge in [-0.3, -0.25) is 0 Å². The second-order valence-electron chi connectivity index (χ2n) is 7.96. The molecule has 6 atom stereocenters. The van der Waals surface area contributed by atoms with Crippen molar-refractivity contribution in [3.63, 3.8) is 0 Å². The lowest BCUT2D eigenvalue weighted by molar-refractivity contribution is -0.277. The van der Waals surface area contributed by atoms with E-state index < -0.39 is 43.1 Å². The van der Waals surface area contributed by atoms with Crippen LogP contribution >= 0.6 is 0 Å². The molecular formula is C21H22O10. The molecule has 0 aromatic heterocycles. The maximum atomic E-state index is 10.9. The summed E-state index contributed by atoms with van der Waals surface area (Å²) >= 11 is 0. The van der Waals surface area contributed by atoms with Crippen molar-refractivity contribution in [3.05, 3.63) is 35.1 Å². The van der Waals surface area contributed by atoms with E-state index in [2.05, 4.69) is 0 Å². The monoisotopic (exact) mass is 434 g/mol. The molecule has 3 aliphatic rings. The minimum Gasteiger partial charge on any atom is -0.508 e. The summed E-state index contributed by atoms with van der Waals surface area (Å²) in [7, 11) is 0. The summed E-state index contributed by atoms with van der Waals surface area (Å²) in [5.41, 5.74) is 1.07. The van der Waals surface area contributed by atoms with Crippen LogP contribution in [-0.2, 0) is 15.3 Å². The summed E-state index contributed by atoms with van der Waals surface area (Å²) in [6.07, 6.45) is -5.65. The van der Waals surface area contributed by atoms with Gasteiger partial charge in [-0.2, -0.15) is 0 Å². The minimum atomic E-state index is -1.67. The second-order valence-corrected chi connectivity index (χ2v) is 7.96. The fourth-order valence-corrected chi connectivity index (χ4v) is 4.36. The fraction of sp³-hybridized carbons (Fsp3) is 0.429. The van der Waals surface area contributed by atoms with E-state index in [1.54, 1.807) is 19.1 Å². The average Bonchev–Trinajstić information content (AvgIpc) is 3.05. The fourth-order valence-electron chi connectivity index (χ4n) is 4.36.